The van der Waals surface area contributed by atoms with Crippen LogP contribution in [0.3, 0.4) is 0 Å². The highest BCUT2D eigenvalue weighted by Gasteiger charge is 2.54. The van der Waals surface area contributed by atoms with Gasteiger partial charge in [-0.25, -0.2) is 14.8 Å². The predicted molar refractivity (Wildman–Crippen MR) is 106 cm³/mol. The Morgan fingerprint density at radius 3 is 2.64 bits per heavy atom. The van der Waals surface area contributed by atoms with E-state index in [-0.39, 0.29) is 16.8 Å². The minimum absolute atomic E-state index is 0.194. The maximum Gasteiger partial charge on any atom is 0.410 e. The molecule has 1 saturated carbocycles. The van der Waals surface area contributed by atoms with Gasteiger partial charge in [0.1, 0.15) is 11.4 Å². The summed E-state index contributed by atoms with van der Waals surface area (Å²) >= 11 is 6.01. The van der Waals surface area contributed by atoms with Crippen LogP contribution in [0.25, 0.3) is 11.1 Å². The van der Waals surface area contributed by atoms with Crippen LogP contribution in [0.2, 0.25) is 5.28 Å². The van der Waals surface area contributed by atoms with Crippen molar-refractivity contribution in [1.29, 1.82) is 0 Å². The van der Waals surface area contributed by atoms with Crippen LogP contribution in [0.1, 0.15) is 33.6 Å². The zero-order chi connectivity index (χ0) is 20.1. The Morgan fingerprint density at radius 2 is 2.04 bits per heavy atom. The highest BCUT2D eigenvalue weighted by molar-refractivity contribution is 6.28. The first-order valence-electron chi connectivity index (χ1n) is 9.39. The van der Waals surface area contributed by atoms with Gasteiger partial charge in [0.2, 0.25) is 5.28 Å². The van der Waals surface area contributed by atoms with Crippen LogP contribution < -0.4 is 5.32 Å². The Bertz CT molecular complexity index is 892. The summed E-state index contributed by atoms with van der Waals surface area (Å²) in [4.78, 5) is 22.4. The van der Waals surface area contributed by atoms with Crippen molar-refractivity contribution in [3.8, 4) is 11.1 Å². The Balaban J connectivity index is 1.36. The Morgan fingerprint density at radius 1 is 1.32 bits per heavy atom. The van der Waals surface area contributed by atoms with E-state index in [1.807, 2.05) is 34.0 Å². The zero-order valence-electron chi connectivity index (χ0n) is 16.6. The molecule has 0 atom stereocenters. The van der Waals surface area contributed by atoms with Gasteiger partial charge in [0.25, 0.3) is 0 Å². The summed E-state index contributed by atoms with van der Waals surface area (Å²) in [5, 5.41) is 7.92. The van der Waals surface area contributed by atoms with E-state index in [0.29, 0.717) is 6.04 Å². The van der Waals surface area contributed by atoms with Crippen LogP contribution in [0, 0.1) is 5.41 Å². The highest BCUT2D eigenvalue weighted by Crippen LogP contribution is 2.49. The Labute approximate surface area is 169 Å². The molecule has 0 bridgehead atoms. The van der Waals surface area contributed by atoms with E-state index in [1.165, 1.54) is 0 Å². The van der Waals surface area contributed by atoms with Crippen molar-refractivity contribution in [2.24, 2.45) is 12.5 Å². The van der Waals surface area contributed by atoms with E-state index in [1.54, 1.807) is 22.0 Å². The molecule has 1 amide bonds. The maximum absolute atomic E-state index is 12.1. The molecule has 2 aromatic heterocycles. The van der Waals surface area contributed by atoms with Crippen molar-refractivity contribution < 1.29 is 9.53 Å². The summed E-state index contributed by atoms with van der Waals surface area (Å²) in [6.45, 7) is 7.16. The number of amides is 1. The first kappa shape index (κ1) is 19.0. The highest BCUT2D eigenvalue weighted by atomic mass is 35.5. The summed E-state index contributed by atoms with van der Waals surface area (Å²) in [6, 6.07) is 0.294. The third kappa shape index (κ3) is 3.78. The van der Waals surface area contributed by atoms with Gasteiger partial charge in [-0.05, 0) is 45.2 Å². The van der Waals surface area contributed by atoms with Crippen LogP contribution in [-0.2, 0) is 11.8 Å². The smallest absolute Gasteiger partial charge is 0.410 e. The number of carbonyl (C=O) groups excluding carboxylic acids is 1. The van der Waals surface area contributed by atoms with Gasteiger partial charge in [-0.1, -0.05) is 0 Å². The van der Waals surface area contributed by atoms with Crippen LogP contribution in [-0.4, -0.2) is 55.5 Å². The number of hydrogen-bond donors (Lipinski definition) is 1. The van der Waals surface area contributed by atoms with E-state index >= 15 is 0 Å². The maximum atomic E-state index is 12.1. The van der Waals surface area contributed by atoms with Gasteiger partial charge in [-0.15, -0.1) is 0 Å². The molecule has 0 radical (unpaired) electrons. The molecule has 3 heterocycles. The third-order valence-corrected chi connectivity index (χ3v) is 5.36. The van der Waals surface area contributed by atoms with Gasteiger partial charge < -0.3 is 15.0 Å². The van der Waals surface area contributed by atoms with E-state index in [9.17, 15) is 4.79 Å². The number of carbonyl (C=O) groups is 1. The van der Waals surface area contributed by atoms with Crippen LogP contribution in [0.15, 0.2) is 18.6 Å². The van der Waals surface area contributed by atoms with Crippen molar-refractivity contribution in [3.63, 3.8) is 0 Å². The van der Waals surface area contributed by atoms with Crippen molar-refractivity contribution in [1.82, 2.24) is 24.6 Å². The summed E-state index contributed by atoms with van der Waals surface area (Å²) in [6.07, 6.45) is 7.17. The second-order valence-electron chi connectivity index (χ2n) is 8.89. The lowest BCUT2D eigenvalue weighted by atomic mass is 9.61. The minimum atomic E-state index is -0.460. The number of likely N-dealkylation sites (tertiary alicyclic amines) is 1. The molecule has 150 valence electrons. The molecular weight excluding hydrogens is 380 g/mol. The van der Waals surface area contributed by atoms with Crippen molar-refractivity contribution in [2.75, 3.05) is 18.4 Å². The Kier molecular flexibility index (Phi) is 4.49. The lowest BCUT2D eigenvalue weighted by Gasteiger charge is -2.58. The number of ether oxygens (including phenoxy) is 1. The predicted octanol–water partition coefficient (Wildman–Crippen LogP) is 3.34. The average Bonchev–Trinajstić information content (AvgIpc) is 2.92. The molecule has 9 heteroatoms. The van der Waals surface area contributed by atoms with Crippen LogP contribution in [0.5, 0.6) is 0 Å². The topological polar surface area (TPSA) is 85.2 Å². The van der Waals surface area contributed by atoms with Gasteiger partial charge >= 0.3 is 6.09 Å². The van der Waals surface area contributed by atoms with Gasteiger partial charge in [-0.2, -0.15) is 5.10 Å². The molecule has 1 N–H and O–H groups in total. The number of nitrogens with zero attached hydrogens (tertiary/aromatic N) is 5. The lowest BCUT2D eigenvalue weighted by Crippen LogP contribution is -2.66. The number of nitrogens with one attached hydrogen (secondary N) is 1. The summed E-state index contributed by atoms with van der Waals surface area (Å²) in [7, 11) is 1.87. The van der Waals surface area contributed by atoms with Crippen molar-refractivity contribution in [3.05, 3.63) is 23.9 Å². The number of hydrogen-bond acceptors (Lipinski definition) is 6. The van der Waals surface area contributed by atoms with Crippen LogP contribution in [0.4, 0.5) is 10.6 Å². The quantitative estimate of drug-likeness (QED) is 0.789. The van der Waals surface area contributed by atoms with Gasteiger partial charge in [0.05, 0.1) is 6.20 Å². The molecule has 1 aliphatic heterocycles. The van der Waals surface area contributed by atoms with E-state index in [0.717, 1.165) is 42.9 Å². The number of aromatic nitrogens is 4. The molecule has 1 saturated heterocycles. The number of rotatable bonds is 3. The SMILES string of the molecule is Cn1cc(-c2cnc(Cl)nc2NC2CC3(C2)CN(C(=O)OC(C)(C)C)C3)cn1. The van der Waals surface area contributed by atoms with E-state index < -0.39 is 5.60 Å². The summed E-state index contributed by atoms with van der Waals surface area (Å²) in [5.41, 5.74) is 1.55. The normalized spacial score (nSPS) is 18.5. The fourth-order valence-corrected chi connectivity index (χ4v) is 4.13. The molecule has 0 unspecified atom stereocenters. The first-order valence-corrected chi connectivity index (χ1v) is 9.76. The molecule has 2 aliphatic rings. The second-order valence-corrected chi connectivity index (χ2v) is 9.23. The molecular formula is C19H25ClN6O2. The molecule has 2 fully saturated rings. The number of halogens is 1. The van der Waals surface area contributed by atoms with E-state index in [4.69, 9.17) is 16.3 Å². The zero-order valence-corrected chi connectivity index (χ0v) is 17.3. The molecule has 1 aliphatic carbocycles. The lowest BCUT2D eigenvalue weighted by molar-refractivity contribution is -0.0739. The molecule has 0 aromatic carbocycles. The summed E-state index contributed by atoms with van der Waals surface area (Å²) < 4.78 is 7.18. The second kappa shape index (κ2) is 6.62. The Hall–Kier alpha value is -2.35. The molecule has 8 nitrogen and oxygen atoms in total. The van der Waals surface area contributed by atoms with Crippen molar-refractivity contribution >= 4 is 23.5 Å². The van der Waals surface area contributed by atoms with Crippen LogP contribution >= 0.6 is 11.6 Å². The number of aryl methyl sites for hydroxylation is 1. The fraction of sp³-hybridized carbons (Fsp3) is 0.579. The minimum Gasteiger partial charge on any atom is -0.444 e. The van der Waals surface area contributed by atoms with Gasteiger partial charge in [0, 0.05) is 55.1 Å². The standard InChI is InChI=1S/C19H25ClN6O2/c1-18(2,3)28-17(27)26-10-19(11-26)5-13(6-19)23-15-14(8-21-16(20)24-15)12-7-22-25(4)9-12/h7-9,13H,5-6,10-11H2,1-4H3,(H,21,23,24). The third-order valence-electron chi connectivity index (χ3n) is 5.18. The first-order chi connectivity index (χ1) is 13.1. The fourth-order valence-electron chi connectivity index (χ4n) is 4.00. The summed E-state index contributed by atoms with van der Waals surface area (Å²) in [5.74, 6) is 0.719. The largest absolute Gasteiger partial charge is 0.444 e. The monoisotopic (exact) mass is 404 g/mol. The average molecular weight is 405 g/mol. The molecule has 4 rings (SSSR count). The molecule has 2 aromatic rings. The van der Waals surface area contributed by atoms with Gasteiger partial charge in [-0.3, -0.25) is 4.68 Å². The van der Waals surface area contributed by atoms with Gasteiger partial charge in [0.15, 0.2) is 0 Å². The van der Waals surface area contributed by atoms with Crippen molar-refractivity contribution in [2.45, 2.75) is 45.3 Å². The number of anilines is 1. The molecule has 28 heavy (non-hydrogen) atoms. The molecule has 1 spiro atoms. The van der Waals surface area contributed by atoms with E-state index in [2.05, 4.69) is 20.4 Å².